The van der Waals surface area contributed by atoms with Crippen LogP contribution in [0.3, 0.4) is 0 Å². The minimum atomic E-state index is -0.813. The molecule has 116 valence electrons. The average Bonchev–Trinajstić information content (AvgIpc) is 2.91. The van der Waals surface area contributed by atoms with Crippen LogP contribution >= 0.6 is 0 Å². The van der Waals surface area contributed by atoms with Crippen LogP contribution in [0, 0.1) is 25.5 Å². The van der Waals surface area contributed by atoms with Gasteiger partial charge in [-0.2, -0.15) is 15.0 Å². The topological polar surface area (TPSA) is 30.7 Å². The lowest BCUT2D eigenvalue weighted by Crippen LogP contribution is -2.02. The first-order chi connectivity index (χ1) is 10.1. The molecule has 2 aromatic rings. The summed E-state index contributed by atoms with van der Waals surface area (Å²) in [5, 5.41) is 8.62. The first-order valence-electron chi connectivity index (χ1n) is 7.75. The second kappa shape index (κ2) is 6.96. The Hall–Kier alpha value is -1.52. The van der Waals surface area contributed by atoms with Gasteiger partial charge in [0.05, 0.1) is 6.54 Å². The molecule has 0 saturated heterocycles. The number of rotatable bonds is 7. The van der Waals surface area contributed by atoms with Gasteiger partial charge in [0.25, 0.3) is 0 Å². The zero-order chi connectivity index (χ0) is 15.4. The van der Waals surface area contributed by atoms with E-state index in [4.69, 9.17) is 0 Å². The Morgan fingerprint density at radius 3 is 1.81 bits per heavy atom. The molecule has 0 N–H and O–H groups in total. The lowest BCUT2D eigenvalue weighted by Gasteiger charge is -2.01. The van der Waals surface area contributed by atoms with Gasteiger partial charge >= 0.3 is 0 Å². The van der Waals surface area contributed by atoms with Gasteiger partial charge in [0.15, 0.2) is 11.6 Å². The molecule has 0 fully saturated rings. The fourth-order valence-electron chi connectivity index (χ4n) is 2.52. The van der Waals surface area contributed by atoms with E-state index in [0.717, 1.165) is 12.8 Å². The zero-order valence-electron chi connectivity index (χ0n) is 13.0. The van der Waals surface area contributed by atoms with Crippen LogP contribution < -0.4 is 0 Å². The van der Waals surface area contributed by atoms with Gasteiger partial charge in [0.1, 0.15) is 11.0 Å². The number of unbranched alkanes of at least 4 members (excludes halogenated alkanes) is 5. The third-order valence-corrected chi connectivity index (χ3v) is 3.93. The maximum Gasteiger partial charge on any atom is 0.164 e. The van der Waals surface area contributed by atoms with E-state index in [-0.39, 0.29) is 11.1 Å². The summed E-state index contributed by atoms with van der Waals surface area (Å²) in [5.41, 5.74) is 1.42. The SMILES string of the molecule is CCCCCCCCn1nc2c(C)c(F)c(F)c(C)c2n1. The molecule has 0 unspecified atom stereocenters. The summed E-state index contributed by atoms with van der Waals surface area (Å²) in [5.74, 6) is -1.63. The predicted octanol–water partition coefficient (Wildman–Crippen LogP) is 4.69. The Balaban J connectivity index is 2.06. The van der Waals surface area contributed by atoms with E-state index in [2.05, 4.69) is 17.1 Å². The standard InChI is InChI=1S/C16H23F2N3/c1-4-5-6-7-8-9-10-21-19-15-11(2)13(17)14(18)12(3)16(15)20-21/h4-10H2,1-3H3. The molecule has 0 saturated carbocycles. The van der Waals surface area contributed by atoms with Gasteiger partial charge in [0.2, 0.25) is 0 Å². The quantitative estimate of drug-likeness (QED) is 0.694. The fraction of sp³-hybridized carbons (Fsp3) is 0.625. The molecule has 5 heteroatoms. The number of aryl methyl sites for hydroxylation is 3. The largest absolute Gasteiger partial charge is 0.203 e. The first kappa shape index (κ1) is 15.9. The highest BCUT2D eigenvalue weighted by Crippen LogP contribution is 2.25. The van der Waals surface area contributed by atoms with E-state index in [1.165, 1.54) is 25.7 Å². The number of hydrogen-bond acceptors (Lipinski definition) is 2. The number of halogens is 2. The molecule has 0 aliphatic heterocycles. The van der Waals surface area contributed by atoms with E-state index in [9.17, 15) is 8.78 Å². The minimum Gasteiger partial charge on any atom is -0.203 e. The van der Waals surface area contributed by atoms with Crippen LogP contribution in [0.5, 0.6) is 0 Å². The molecule has 0 amide bonds. The lowest BCUT2D eigenvalue weighted by molar-refractivity contribution is 0.488. The maximum absolute atomic E-state index is 13.7. The van der Waals surface area contributed by atoms with E-state index < -0.39 is 11.6 Å². The van der Waals surface area contributed by atoms with Gasteiger partial charge in [-0.25, -0.2) is 8.78 Å². The van der Waals surface area contributed by atoms with Crippen molar-refractivity contribution in [2.24, 2.45) is 0 Å². The molecule has 21 heavy (non-hydrogen) atoms. The van der Waals surface area contributed by atoms with Crippen molar-refractivity contribution in [2.45, 2.75) is 65.8 Å². The maximum atomic E-state index is 13.7. The third kappa shape index (κ3) is 3.39. The van der Waals surface area contributed by atoms with Gasteiger partial charge in [-0.05, 0) is 20.3 Å². The van der Waals surface area contributed by atoms with Crippen LogP contribution in [0.15, 0.2) is 0 Å². The monoisotopic (exact) mass is 295 g/mol. The molecule has 0 spiro atoms. The minimum absolute atomic E-state index is 0.238. The number of nitrogens with zero attached hydrogens (tertiary/aromatic N) is 3. The van der Waals surface area contributed by atoms with E-state index in [0.29, 0.717) is 17.6 Å². The fourth-order valence-corrected chi connectivity index (χ4v) is 2.52. The lowest BCUT2D eigenvalue weighted by atomic mass is 10.1. The van der Waals surface area contributed by atoms with Crippen LogP contribution in [-0.2, 0) is 6.54 Å². The number of benzene rings is 1. The summed E-state index contributed by atoms with van der Waals surface area (Å²) in [6.45, 7) is 5.99. The Morgan fingerprint density at radius 2 is 1.29 bits per heavy atom. The van der Waals surface area contributed by atoms with Crippen LogP contribution in [0.4, 0.5) is 8.78 Å². The molecule has 3 nitrogen and oxygen atoms in total. The summed E-state index contributed by atoms with van der Waals surface area (Å²) in [6.07, 6.45) is 7.13. The van der Waals surface area contributed by atoms with Gasteiger partial charge in [-0.3, -0.25) is 0 Å². The molecule has 0 aliphatic rings. The molecule has 0 bridgehead atoms. The van der Waals surface area contributed by atoms with Crippen molar-refractivity contribution in [1.82, 2.24) is 15.0 Å². The second-order valence-corrected chi connectivity index (χ2v) is 5.64. The highest BCUT2D eigenvalue weighted by Gasteiger charge is 2.18. The van der Waals surface area contributed by atoms with Gasteiger partial charge in [-0.1, -0.05) is 39.0 Å². The number of hydrogen-bond donors (Lipinski definition) is 0. The Bertz CT molecular complexity index is 575. The van der Waals surface area contributed by atoms with Crippen LogP contribution in [0.1, 0.15) is 56.6 Å². The number of fused-ring (bicyclic) bond motifs is 1. The van der Waals surface area contributed by atoms with Gasteiger partial charge in [-0.15, -0.1) is 0 Å². The molecular weight excluding hydrogens is 272 g/mol. The summed E-state index contributed by atoms with van der Waals surface area (Å²) >= 11 is 0. The summed E-state index contributed by atoms with van der Waals surface area (Å²) in [7, 11) is 0. The molecule has 1 aromatic heterocycles. The van der Waals surface area contributed by atoms with Crippen molar-refractivity contribution in [2.75, 3.05) is 0 Å². The van der Waals surface area contributed by atoms with Crippen molar-refractivity contribution in [1.29, 1.82) is 0 Å². The molecule has 2 rings (SSSR count). The first-order valence-corrected chi connectivity index (χ1v) is 7.75. The molecule has 0 atom stereocenters. The van der Waals surface area contributed by atoms with E-state index >= 15 is 0 Å². The van der Waals surface area contributed by atoms with Gasteiger partial charge in [0, 0.05) is 11.1 Å². The van der Waals surface area contributed by atoms with Crippen molar-refractivity contribution in [3.05, 3.63) is 22.8 Å². The third-order valence-electron chi connectivity index (χ3n) is 3.93. The van der Waals surface area contributed by atoms with Crippen LogP contribution in [0.2, 0.25) is 0 Å². The molecule has 0 aliphatic carbocycles. The van der Waals surface area contributed by atoms with Crippen molar-refractivity contribution in [3.63, 3.8) is 0 Å². The summed E-state index contributed by atoms with van der Waals surface area (Å²) < 4.78 is 27.4. The highest BCUT2D eigenvalue weighted by molar-refractivity contribution is 5.81. The Morgan fingerprint density at radius 1 is 0.810 bits per heavy atom. The van der Waals surface area contributed by atoms with Gasteiger partial charge < -0.3 is 0 Å². The summed E-state index contributed by atoms with van der Waals surface area (Å²) in [4.78, 5) is 1.57. The van der Waals surface area contributed by atoms with Crippen LogP contribution in [0.25, 0.3) is 11.0 Å². The highest BCUT2D eigenvalue weighted by atomic mass is 19.2. The average molecular weight is 295 g/mol. The molecule has 0 radical (unpaired) electrons. The van der Waals surface area contributed by atoms with E-state index in [1.54, 1.807) is 18.6 Å². The molecule has 1 heterocycles. The Kier molecular flexibility index (Phi) is 5.26. The van der Waals surface area contributed by atoms with Crippen molar-refractivity contribution >= 4 is 11.0 Å². The summed E-state index contributed by atoms with van der Waals surface area (Å²) in [6, 6.07) is 0. The number of aromatic nitrogens is 3. The predicted molar refractivity (Wildman–Crippen MR) is 80.3 cm³/mol. The van der Waals surface area contributed by atoms with Crippen molar-refractivity contribution in [3.8, 4) is 0 Å². The normalized spacial score (nSPS) is 11.5. The van der Waals surface area contributed by atoms with E-state index in [1.807, 2.05) is 0 Å². The molecule has 1 aromatic carbocycles. The Labute approximate surface area is 124 Å². The zero-order valence-corrected chi connectivity index (χ0v) is 13.0. The van der Waals surface area contributed by atoms with Crippen LogP contribution in [-0.4, -0.2) is 15.0 Å². The second-order valence-electron chi connectivity index (χ2n) is 5.64. The smallest absolute Gasteiger partial charge is 0.164 e. The molecular formula is C16H23F2N3. The van der Waals surface area contributed by atoms with Crippen molar-refractivity contribution < 1.29 is 8.78 Å².